The molecule has 2 rings (SSSR count). The fourth-order valence-corrected chi connectivity index (χ4v) is 2.24. The number of carbonyl (C=O) groups excluding carboxylic acids is 2. The van der Waals surface area contributed by atoms with Gasteiger partial charge in [0.05, 0.1) is 20.1 Å². The topological polar surface area (TPSA) is 76.7 Å². The molecule has 0 radical (unpaired) electrons. The highest BCUT2D eigenvalue weighted by Crippen LogP contribution is 2.27. The van der Waals surface area contributed by atoms with Crippen LogP contribution < -0.4 is 20.3 Å². The molecular formula is C18H19ClN2O4. The normalized spacial score (nSPS) is 10.0. The third-order valence-electron chi connectivity index (χ3n) is 3.32. The average Bonchev–Trinajstić information content (AvgIpc) is 2.62. The smallest absolute Gasteiger partial charge is 0.269 e. The zero-order chi connectivity index (χ0) is 18.2. The van der Waals surface area contributed by atoms with Crippen LogP contribution in [-0.2, 0) is 11.2 Å². The third-order valence-corrected chi connectivity index (χ3v) is 3.57. The highest BCUT2D eigenvalue weighted by molar-refractivity contribution is 6.30. The number of methoxy groups -OCH3 is 1. The van der Waals surface area contributed by atoms with E-state index in [0.29, 0.717) is 28.7 Å². The SMILES string of the molecule is CCOc1cc(C(=O)NNC(=O)Cc2ccc(Cl)cc2)ccc1OC. The molecule has 0 unspecified atom stereocenters. The quantitative estimate of drug-likeness (QED) is 0.775. The van der Waals surface area contributed by atoms with Gasteiger partial charge in [-0.1, -0.05) is 23.7 Å². The summed E-state index contributed by atoms with van der Waals surface area (Å²) >= 11 is 5.80. The molecule has 0 bridgehead atoms. The first-order valence-electron chi connectivity index (χ1n) is 7.68. The zero-order valence-electron chi connectivity index (χ0n) is 14.0. The number of hydrogen-bond acceptors (Lipinski definition) is 4. The van der Waals surface area contributed by atoms with Crippen molar-refractivity contribution in [2.45, 2.75) is 13.3 Å². The van der Waals surface area contributed by atoms with Crippen LogP contribution in [0, 0.1) is 0 Å². The summed E-state index contributed by atoms with van der Waals surface area (Å²) in [4.78, 5) is 24.1. The second-order valence-corrected chi connectivity index (χ2v) is 5.54. The first-order chi connectivity index (χ1) is 12.0. The van der Waals surface area contributed by atoms with Gasteiger partial charge in [0.15, 0.2) is 11.5 Å². The Labute approximate surface area is 151 Å². The molecule has 0 aromatic heterocycles. The lowest BCUT2D eigenvalue weighted by molar-refractivity contribution is -0.121. The highest BCUT2D eigenvalue weighted by Gasteiger charge is 2.12. The Hall–Kier alpha value is -2.73. The van der Waals surface area contributed by atoms with Crippen LogP contribution in [0.15, 0.2) is 42.5 Å². The number of hydrazine groups is 1. The summed E-state index contributed by atoms with van der Waals surface area (Å²) in [5.74, 6) is 0.206. The number of halogens is 1. The minimum absolute atomic E-state index is 0.129. The van der Waals surface area contributed by atoms with E-state index in [9.17, 15) is 9.59 Å². The first kappa shape index (κ1) is 18.6. The van der Waals surface area contributed by atoms with E-state index in [4.69, 9.17) is 21.1 Å². The molecule has 0 atom stereocenters. The van der Waals surface area contributed by atoms with Crippen LogP contribution in [0.25, 0.3) is 0 Å². The van der Waals surface area contributed by atoms with Gasteiger partial charge in [-0.25, -0.2) is 0 Å². The van der Waals surface area contributed by atoms with E-state index >= 15 is 0 Å². The maximum Gasteiger partial charge on any atom is 0.269 e. The van der Waals surface area contributed by atoms with Crippen molar-refractivity contribution in [2.75, 3.05) is 13.7 Å². The number of hydrogen-bond donors (Lipinski definition) is 2. The first-order valence-corrected chi connectivity index (χ1v) is 8.05. The van der Waals surface area contributed by atoms with Gasteiger partial charge in [0.25, 0.3) is 5.91 Å². The summed E-state index contributed by atoms with van der Waals surface area (Å²) < 4.78 is 10.6. The minimum atomic E-state index is -0.451. The molecule has 2 aromatic rings. The summed E-state index contributed by atoms with van der Waals surface area (Å²) in [6.07, 6.45) is 0.129. The molecule has 0 spiro atoms. The largest absolute Gasteiger partial charge is 0.493 e. The molecule has 0 heterocycles. The van der Waals surface area contributed by atoms with Gasteiger partial charge in [-0.3, -0.25) is 20.4 Å². The lowest BCUT2D eigenvalue weighted by Crippen LogP contribution is -2.42. The van der Waals surface area contributed by atoms with Crippen LogP contribution in [0.1, 0.15) is 22.8 Å². The Kier molecular flexibility index (Phi) is 6.65. The maximum absolute atomic E-state index is 12.2. The van der Waals surface area contributed by atoms with E-state index < -0.39 is 5.91 Å². The summed E-state index contributed by atoms with van der Waals surface area (Å²) in [5, 5.41) is 0.599. The molecule has 0 aliphatic carbocycles. The molecule has 0 fully saturated rings. The average molecular weight is 363 g/mol. The minimum Gasteiger partial charge on any atom is -0.493 e. The van der Waals surface area contributed by atoms with Gasteiger partial charge >= 0.3 is 0 Å². The van der Waals surface area contributed by atoms with Gasteiger partial charge in [-0.2, -0.15) is 0 Å². The molecule has 0 saturated carbocycles. The molecule has 0 saturated heterocycles. The molecule has 132 valence electrons. The highest BCUT2D eigenvalue weighted by atomic mass is 35.5. The van der Waals surface area contributed by atoms with Crippen LogP contribution in [0.2, 0.25) is 5.02 Å². The Morgan fingerprint density at radius 1 is 1.04 bits per heavy atom. The Morgan fingerprint density at radius 2 is 1.76 bits per heavy atom. The monoisotopic (exact) mass is 362 g/mol. The molecule has 6 nitrogen and oxygen atoms in total. The zero-order valence-corrected chi connectivity index (χ0v) is 14.7. The van der Waals surface area contributed by atoms with Crippen molar-refractivity contribution in [1.29, 1.82) is 0 Å². The van der Waals surface area contributed by atoms with Crippen LogP contribution in [-0.4, -0.2) is 25.5 Å². The molecular weight excluding hydrogens is 344 g/mol. The summed E-state index contributed by atoms with van der Waals surface area (Å²) in [5.41, 5.74) is 5.89. The fourth-order valence-electron chi connectivity index (χ4n) is 2.12. The van der Waals surface area contributed by atoms with E-state index in [1.165, 1.54) is 7.11 Å². The number of nitrogens with one attached hydrogen (secondary N) is 2. The molecule has 0 aliphatic rings. The summed E-state index contributed by atoms with van der Waals surface area (Å²) in [7, 11) is 1.52. The third kappa shape index (κ3) is 5.39. The Morgan fingerprint density at radius 3 is 2.40 bits per heavy atom. The van der Waals surface area contributed by atoms with Gasteiger partial charge in [-0.05, 0) is 42.8 Å². The van der Waals surface area contributed by atoms with Crippen molar-refractivity contribution in [3.05, 3.63) is 58.6 Å². The Balaban J connectivity index is 1.94. The van der Waals surface area contributed by atoms with Crippen molar-refractivity contribution in [3.63, 3.8) is 0 Å². The number of ether oxygens (including phenoxy) is 2. The lowest BCUT2D eigenvalue weighted by atomic mass is 10.1. The lowest BCUT2D eigenvalue weighted by Gasteiger charge is -2.12. The Bertz CT molecular complexity index is 747. The van der Waals surface area contributed by atoms with E-state index in [1.54, 1.807) is 42.5 Å². The molecule has 25 heavy (non-hydrogen) atoms. The number of rotatable bonds is 6. The van der Waals surface area contributed by atoms with Gasteiger partial charge < -0.3 is 9.47 Å². The molecule has 7 heteroatoms. The van der Waals surface area contributed by atoms with Crippen LogP contribution in [0.3, 0.4) is 0 Å². The summed E-state index contributed by atoms with van der Waals surface area (Å²) in [6, 6.07) is 11.7. The van der Waals surface area contributed by atoms with Crippen molar-refractivity contribution in [1.82, 2.24) is 10.9 Å². The van der Waals surface area contributed by atoms with E-state index in [2.05, 4.69) is 10.9 Å². The van der Waals surface area contributed by atoms with Crippen LogP contribution in [0.5, 0.6) is 11.5 Å². The second-order valence-electron chi connectivity index (χ2n) is 5.10. The van der Waals surface area contributed by atoms with Crippen molar-refractivity contribution in [2.24, 2.45) is 0 Å². The van der Waals surface area contributed by atoms with Crippen molar-refractivity contribution < 1.29 is 19.1 Å². The predicted octanol–water partition coefficient (Wildman–Crippen LogP) is 2.75. The molecule has 0 aliphatic heterocycles. The molecule has 2 aromatic carbocycles. The number of amides is 2. The van der Waals surface area contributed by atoms with Crippen LogP contribution >= 0.6 is 11.6 Å². The second kappa shape index (κ2) is 8.94. The fraction of sp³-hybridized carbons (Fsp3) is 0.222. The van der Waals surface area contributed by atoms with Gasteiger partial charge in [0, 0.05) is 10.6 Å². The summed E-state index contributed by atoms with van der Waals surface area (Å²) in [6.45, 7) is 2.28. The van der Waals surface area contributed by atoms with Crippen molar-refractivity contribution >= 4 is 23.4 Å². The van der Waals surface area contributed by atoms with Crippen molar-refractivity contribution in [3.8, 4) is 11.5 Å². The number of carbonyl (C=O) groups is 2. The van der Waals surface area contributed by atoms with E-state index in [1.807, 2.05) is 6.92 Å². The number of benzene rings is 2. The maximum atomic E-state index is 12.2. The molecule has 2 amide bonds. The van der Waals surface area contributed by atoms with Gasteiger partial charge in [0.2, 0.25) is 5.91 Å². The standard InChI is InChI=1S/C18H19ClN2O4/c1-3-25-16-11-13(6-9-15(16)24-2)18(23)21-20-17(22)10-12-4-7-14(19)8-5-12/h4-9,11H,3,10H2,1-2H3,(H,20,22)(H,21,23). The van der Waals surface area contributed by atoms with Crippen LogP contribution in [0.4, 0.5) is 0 Å². The predicted molar refractivity (Wildman–Crippen MR) is 94.9 cm³/mol. The molecule has 2 N–H and O–H groups in total. The van der Waals surface area contributed by atoms with E-state index in [-0.39, 0.29) is 12.3 Å². The van der Waals surface area contributed by atoms with E-state index in [0.717, 1.165) is 5.56 Å². The van der Waals surface area contributed by atoms with Gasteiger partial charge in [-0.15, -0.1) is 0 Å². The van der Waals surface area contributed by atoms with Gasteiger partial charge in [0.1, 0.15) is 0 Å².